The van der Waals surface area contributed by atoms with Gasteiger partial charge < -0.3 is 10.6 Å². The van der Waals surface area contributed by atoms with Gasteiger partial charge in [0.2, 0.25) is 5.91 Å². The van der Waals surface area contributed by atoms with E-state index in [0.717, 1.165) is 24.2 Å². The normalized spacial score (nSPS) is 31.3. The average Bonchev–Trinajstić information content (AvgIpc) is 2.87. The number of benzene rings is 1. The maximum absolute atomic E-state index is 12.2. The van der Waals surface area contributed by atoms with Gasteiger partial charge >= 0.3 is 0 Å². The fourth-order valence-corrected chi connectivity index (χ4v) is 2.94. The van der Waals surface area contributed by atoms with E-state index in [1.807, 2.05) is 23.1 Å². The van der Waals surface area contributed by atoms with Crippen LogP contribution in [0.1, 0.15) is 32.3 Å². The van der Waals surface area contributed by atoms with Crippen LogP contribution in [-0.4, -0.2) is 11.4 Å². The molecule has 2 aliphatic rings. The molecule has 1 fully saturated rings. The first-order valence-corrected chi connectivity index (χ1v) is 6.24. The molecule has 0 bridgehead atoms. The van der Waals surface area contributed by atoms with Crippen LogP contribution in [0.4, 0.5) is 11.4 Å². The van der Waals surface area contributed by atoms with Gasteiger partial charge in [-0.15, -0.1) is 0 Å². The predicted molar refractivity (Wildman–Crippen MR) is 68.8 cm³/mol. The largest absolute Gasteiger partial charge is 0.399 e. The van der Waals surface area contributed by atoms with Crippen molar-refractivity contribution < 1.29 is 4.79 Å². The molecule has 3 nitrogen and oxygen atoms in total. The fraction of sp³-hybridized carbons (Fsp3) is 0.500. The summed E-state index contributed by atoms with van der Waals surface area (Å²) < 4.78 is 0. The van der Waals surface area contributed by atoms with E-state index in [-0.39, 0.29) is 11.4 Å². The van der Waals surface area contributed by atoms with Crippen molar-refractivity contribution in [1.82, 2.24) is 0 Å². The Morgan fingerprint density at radius 1 is 1.41 bits per heavy atom. The summed E-state index contributed by atoms with van der Waals surface area (Å²) in [6, 6.07) is 5.89. The molecule has 1 amide bonds. The Bertz CT molecular complexity index is 497. The molecule has 2 unspecified atom stereocenters. The predicted octanol–water partition coefficient (Wildman–Crippen LogP) is 2.35. The highest BCUT2D eigenvalue weighted by molar-refractivity contribution is 5.98. The van der Waals surface area contributed by atoms with Crippen LogP contribution in [0.2, 0.25) is 0 Å². The third-order valence-electron chi connectivity index (χ3n) is 4.33. The van der Waals surface area contributed by atoms with Gasteiger partial charge in [-0.3, -0.25) is 4.79 Å². The van der Waals surface area contributed by atoms with Crippen LogP contribution in [0.3, 0.4) is 0 Å². The van der Waals surface area contributed by atoms with Crippen LogP contribution < -0.4 is 10.6 Å². The van der Waals surface area contributed by atoms with Crippen molar-refractivity contribution in [1.29, 1.82) is 0 Å². The lowest BCUT2D eigenvalue weighted by Crippen LogP contribution is -2.44. The van der Waals surface area contributed by atoms with Gasteiger partial charge in [0.05, 0.1) is 0 Å². The molecule has 1 aliphatic heterocycles. The van der Waals surface area contributed by atoms with Crippen molar-refractivity contribution in [3.63, 3.8) is 0 Å². The van der Waals surface area contributed by atoms with Crippen molar-refractivity contribution in [3.8, 4) is 0 Å². The van der Waals surface area contributed by atoms with Crippen LogP contribution in [-0.2, 0) is 11.2 Å². The van der Waals surface area contributed by atoms with Crippen molar-refractivity contribution in [2.45, 2.75) is 38.6 Å². The number of rotatable bonds is 1. The summed E-state index contributed by atoms with van der Waals surface area (Å²) in [5, 5.41) is 0. The second kappa shape index (κ2) is 3.25. The molecule has 17 heavy (non-hydrogen) atoms. The van der Waals surface area contributed by atoms with E-state index in [9.17, 15) is 4.79 Å². The van der Waals surface area contributed by atoms with Gasteiger partial charge in [0.15, 0.2) is 0 Å². The molecule has 0 aromatic heterocycles. The van der Waals surface area contributed by atoms with Crippen LogP contribution in [0.5, 0.6) is 0 Å². The summed E-state index contributed by atoms with van der Waals surface area (Å²) in [5.74, 6) is 0.851. The van der Waals surface area contributed by atoms with Gasteiger partial charge in [0.25, 0.3) is 0 Å². The lowest BCUT2D eigenvalue weighted by Gasteiger charge is -2.35. The summed E-state index contributed by atoms with van der Waals surface area (Å²) in [7, 11) is 0. The molecule has 1 aromatic rings. The van der Waals surface area contributed by atoms with E-state index in [2.05, 4.69) is 13.8 Å². The van der Waals surface area contributed by atoms with Crippen LogP contribution in [0, 0.1) is 5.92 Å². The minimum atomic E-state index is 0.0301. The van der Waals surface area contributed by atoms with E-state index in [0.29, 0.717) is 12.3 Å². The van der Waals surface area contributed by atoms with Gasteiger partial charge in [0, 0.05) is 23.3 Å². The molecule has 90 valence electrons. The first-order chi connectivity index (χ1) is 8.02. The zero-order chi connectivity index (χ0) is 12.2. The Morgan fingerprint density at radius 3 is 2.76 bits per heavy atom. The topological polar surface area (TPSA) is 46.3 Å². The molecule has 1 aliphatic carbocycles. The minimum absolute atomic E-state index is 0.0301. The standard InChI is InChI=1S/C14H18N2O/c1-9-8-14(9,2)16-12-5-4-11(15)7-10(12)3-6-13(16)17/h4-5,7,9H,3,6,8,15H2,1-2H3. The highest BCUT2D eigenvalue weighted by Gasteiger charge is 2.54. The van der Waals surface area contributed by atoms with Crippen molar-refractivity contribution in [3.05, 3.63) is 23.8 Å². The summed E-state index contributed by atoms with van der Waals surface area (Å²) >= 11 is 0. The Hall–Kier alpha value is -1.51. The van der Waals surface area contributed by atoms with E-state index >= 15 is 0 Å². The second-order valence-electron chi connectivity index (χ2n) is 5.58. The highest BCUT2D eigenvalue weighted by atomic mass is 16.2. The first kappa shape index (κ1) is 10.6. The molecule has 2 N–H and O–H groups in total. The fourth-order valence-electron chi connectivity index (χ4n) is 2.94. The third kappa shape index (κ3) is 1.45. The summed E-state index contributed by atoms with van der Waals surface area (Å²) in [6.45, 7) is 4.39. The Labute approximate surface area is 102 Å². The molecular weight excluding hydrogens is 212 g/mol. The maximum atomic E-state index is 12.2. The molecule has 0 spiro atoms. The lowest BCUT2D eigenvalue weighted by molar-refractivity contribution is -0.119. The van der Waals surface area contributed by atoms with Gasteiger partial charge in [-0.2, -0.15) is 0 Å². The summed E-state index contributed by atoms with van der Waals surface area (Å²) in [4.78, 5) is 14.2. The first-order valence-electron chi connectivity index (χ1n) is 6.24. The molecule has 1 heterocycles. The molecule has 0 saturated heterocycles. The molecular formula is C14H18N2O. The average molecular weight is 230 g/mol. The van der Waals surface area contributed by atoms with Gasteiger partial charge in [-0.05, 0) is 49.4 Å². The number of carbonyl (C=O) groups is 1. The number of nitrogen functional groups attached to an aromatic ring is 1. The van der Waals surface area contributed by atoms with Gasteiger partial charge in [-0.25, -0.2) is 0 Å². The Kier molecular flexibility index (Phi) is 2.03. The highest BCUT2D eigenvalue weighted by Crippen LogP contribution is 2.51. The number of anilines is 2. The van der Waals surface area contributed by atoms with Crippen LogP contribution in [0.15, 0.2) is 18.2 Å². The number of carbonyl (C=O) groups excluding carboxylic acids is 1. The molecule has 0 radical (unpaired) electrons. The van der Waals surface area contributed by atoms with Gasteiger partial charge in [0.1, 0.15) is 0 Å². The number of aryl methyl sites for hydroxylation is 1. The monoisotopic (exact) mass is 230 g/mol. The lowest BCUT2D eigenvalue weighted by atomic mass is 9.98. The number of hydrogen-bond acceptors (Lipinski definition) is 2. The Balaban J connectivity index is 2.08. The number of hydrogen-bond donors (Lipinski definition) is 1. The maximum Gasteiger partial charge on any atom is 0.227 e. The van der Waals surface area contributed by atoms with E-state index < -0.39 is 0 Å². The van der Waals surface area contributed by atoms with Crippen LogP contribution >= 0.6 is 0 Å². The minimum Gasteiger partial charge on any atom is -0.399 e. The number of amides is 1. The van der Waals surface area contributed by atoms with Crippen LogP contribution in [0.25, 0.3) is 0 Å². The van der Waals surface area contributed by atoms with E-state index in [4.69, 9.17) is 5.73 Å². The molecule has 2 atom stereocenters. The molecule has 3 rings (SSSR count). The number of nitrogens with two attached hydrogens (primary N) is 1. The van der Waals surface area contributed by atoms with E-state index in [1.54, 1.807) is 0 Å². The van der Waals surface area contributed by atoms with E-state index in [1.165, 1.54) is 5.56 Å². The zero-order valence-corrected chi connectivity index (χ0v) is 10.4. The molecule has 3 heteroatoms. The second-order valence-corrected chi connectivity index (χ2v) is 5.58. The SMILES string of the molecule is CC1CC1(C)N1C(=O)CCc2cc(N)ccc21. The number of nitrogens with zero attached hydrogens (tertiary/aromatic N) is 1. The van der Waals surface area contributed by atoms with Crippen molar-refractivity contribution in [2.75, 3.05) is 10.6 Å². The summed E-state index contributed by atoms with van der Waals surface area (Å²) in [5.41, 5.74) is 8.91. The smallest absolute Gasteiger partial charge is 0.227 e. The van der Waals surface area contributed by atoms with Gasteiger partial charge in [-0.1, -0.05) is 6.92 Å². The quantitative estimate of drug-likeness (QED) is 0.753. The van der Waals surface area contributed by atoms with Crippen molar-refractivity contribution in [2.24, 2.45) is 5.92 Å². The molecule has 1 saturated carbocycles. The third-order valence-corrected chi connectivity index (χ3v) is 4.33. The molecule has 1 aromatic carbocycles. The van der Waals surface area contributed by atoms with Crippen molar-refractivity contribution >= 4 is 17.3 Å². The number of fused-ring (bicyclic) bond motifs is 1. The Morgan fingerprint density at radius 2 is 2.12 bits per heavy atom. The zero-order valence-electron chi connectivity index (χ0n) is 10.4. The summed E-state index contributed by atoms with van der Waals surface area (Å²) in [6.07, 6.45) is 2.53.